The summed E-state index contributed by atoms with van der Waals surface area (Å²) in [6.45, 7) is 1.39. The van der Waals surface area contributed by atoms with Crippen molar-refractivity contribution in [3.05, 3.63) is 68.9 Å². The molecule has 28 heavy (non-hydrogen) atoms. The first-order valence-electron chi connectivity index (χ1n) is 8.49. The van der Waals surface area contributed by atoms with E-state index in [0.717, 1.165) is 0 Å². The molecule has 0 fully saturated rings. The number of nitrogens with two attached hydrogens (primary N) is 1. The van der Waals surface area contributed by atoms with Gasteiger partial charge in [-0.2, -0.15) is 0 Å². The second kappa shape index (κ2) is 6.69. The number of pyridine rings is 2. The summed E-state index contributed by atoms with van der Waals surface area (Å²) in [7, 11) is 0. The van der Waals surface area contributed by atoms with E-state index in [4.69, 9.17) is 14.9 Å². The molecule has 4 rings (SSSR count). The van der Waals surface area contributed by atoms with Gasteiger partial charge in [-0.3, -0.25) is 9.36 Å². The molecule has 1 atom stereocenters. The van der Waals surface area contributed by atoms with Crippen LogP contribution in [0, 0.1) is 0 Å². The Bertz CT molecular complexity index is 1320. The van der Waals surface area contributed by atoms with Crippen molar-refractivity contribution in [3.8, 4) is 0 Å². The largest absolute Gasteiger partial charge is 0.459 e. The smallest absolute Gasteiger partial charge is 0.420 e. The van der Waals surface area contributed by atoms with Gasteiger partial charge < -0.3 is 19.9 Å². The zero-order chi connectivity index (χ0) is 19.8. The van der Waals surface area contributed by atoms with Gasteiger partial charge in [-0.05, 0) is 31.2 Å². The van der Waals surface area contributed by atoms with Gasteiger partial charge in [0.05, 0.1) is 5.52 Å². The lowest BCUT2D eigenvalue weighted by atomic mass is 10.1. The molecule has 1 unspecified atom stereocenters. The molecular formula is C19H16N4O5. The van der Waals surface area contributed by atoms with Gasteiger partial charge in [-0.25, -0.2) is 14.6 Å². The van der Waals surface area contributed by atoms with Crippen molar-refractivity contribution < 1.29 is 13.9 Å². The van der Waals surface area contributed by atoms with Crippen LogP contribution in [0.1, 0.15) is 18.5 Å². The van der Waals surface area contributed by atoms with Gasteiger partial charge in [0, 0.05) is 17.0 Å². The second-order valence-electron chi connectivity index (χ2n) is 6.28. The fourth-order valence-electron chi connectivity index (χ4n) is 3.06. The molecule has 0 saturated heterocycles. The molecule has 0 aliphatic carbocycles. The number of benzene rings is 1. The standard InChI is InChI=1S/C19H16N4O5/c1-10(23-13-4-2-3-5-14(13)28-19(23)26)18(25)27-9-11-8-16(24)22-17-12(11)6-7-15(20)21-17/h2-8,10H,9H2,1H3,(H3,20,21,22,24). The van der Waals surface area contributed by atoms with Crippen molar-refractivity contribution in [1.29, 1.82) is 0 Å². The van der Waals surface area contributed by atoms with Crippen molar-refractivity contribution in [2.24, 2.45) is 0 Å². The van der Waals surface area contributed by atoms with E-state index < -0.39 is 17.8 Å². The topological polar surface area (TPSA) is 133 Å². The van der Waals surface area contributed by atoms with E-state index in [0.29, 0.717) is 27.7 Å². The number of carbonyl (C=O) groups excluding carboxylic acids is 1. The van der Waals surface area contributed by atoms with Gasteiger partial charge in [0.1, 0.15) is 24.1 Å². The second-order valence-corrected chi connectivity index (χ2v) is 6.28. The highest BCUT2D eigenvalue weighted by atomic mass is 16.5. The van der Waals surface area contributed by atoms with Gasteiger partial charge >= 0.3 is 11.7 Å². The Kier molecular flexibility index (Phi) is 4.19. The average Bonchev–Trinajstić information content (AvgIpc) is 3.00. The summed E-state index contributed by atoms with van der Waals surface area (Å²) >= 11 is 0. The molecule has 0 aliphatic heterocycles. The zero-order valence-electron chi connectivity index (χ0n) is 14.8. The van der Waals surface area contributed by atoms with Crippen LogP contribution in [0.25, 0.3) is 22.1 Å². The molecule has 3 heterocycles. The molecule has 0 bridgehead atoms. The van der Waals surface area contributed by atoms with Crippen molar-refractivity contribution in [3.63, 3.8) is 0 Å². The SMILES string of the molecule is CC(C(=O)OCc1cc(=O)[nH]c2nc(N)ccc12)n1c(=O)oc2ccccc21. The van der Waals surface area contributed by atoms with Gasteiger partial charge in [-0.1, -0.05) is 12.1 Å². The third kappa shape index (κ3) is 3.02. The monoisotopic (exact) mass is 380 g/mol. The number of rotatable bonds is 4. The maximum absolute atomic E-state index is 12.5. The van der Waals surface area contributed by atoms with E-state index in [1.165, 1.54) is 10.6 Å². The van der Waals surface area contributed by atoms with E-state index in [-0.39, 0.29) is 18.0 Å². The van der Waals surface area contributed by atoms with E-state index in [1.54, 1.807) is 43.3 Å². The van der Waals surface area contributed by atoms with Crippen molar-refractivity contribution in [2.75, 3.05) is 5.73 Å². The number of nitrogen functional groups attached to an aromatic ring is 1. The number of ether oxygens (including phenoxy) is 1. The highest BCUT2D eigenvalue weighted by Gasteiger charge is 2.23. The summed E-state index contributed by atoms with van der Waals surface area (Å²) in [6.07, 6.45) is 0. The fourth-order valence-corrected chi connectivity index (χ4v) is 3.06. The molecule has 3 N–H and O–H groups in total. The number of aromatic nitrogens is 3. The summed E-state index contributed by atoms with van der Waals surface area (Å²) in [4.78, 5) is 43.2. The van der Waals surface area contributed by atoms with E-state index in [9.17, 15) is 14.4 Å². The zero-order valence-corrected chi connectivity index (χ0v) is 14.8. The van der Waals surface area contributed by atoms with Crippen LogP contribution in [-0.4, -0.2) is 20.5 Å². The predicted octanol–water partition coefficient (Wildman–Crippen LogP) is 1.72. The van der Waals surface area contributed by atoms with Crippen LogP contribution in [0.5, 0.6) is 0 Å². The van der Waals surface area contributed by atoms with Crippen molar-refractivity contribution in [2.45, 2.75) is 19.6 Å². The van der Waals surface area contributed by atoms with Gasteiger partial charge in [0.2, 0.25) is 5.56 Å². The Morgan fingerprint density at radius 3 is 2.89 bits per heavy atom. The number of anilines is 1. The number of hydrogen-bond donors (Lipinski definition) is 2. The van der Waals surface area contributed by atoms with Crippen LogP contribution in [-0.2, 0) is 16.1 Å². The van der Waals surface area contributed by atoms with Crippen LogP contribution in [0.2, 0.25) is 0 Å². The van der Waals surface area contributed by atoms with Crippen LogP contribution < -0.4 is 17.0 Å². The summed E-state index contributed by atoms with van der Waals surface area (Å²) in [5.41, 5.74) is 6.93. The summed E-state index contributed by atoms with van der Waals surface area (Å²) in [5.74, 6) is -1.02. The predicted molar refractivity (Wildman–Crippen MR) is 102 cm³/mol. The summed E-state index contributed by atoms with van der Waals surface area (Å²) in [6, 6.07) is 10.5. The Morgan fingerprint density at radius 2 is 2.07 bits per heavy atom. The average molecular weight is 380 g/mol. The minimum atomic E-state index is -0.904. The van der Waals surface area contributed by atoms with E-state index in [2.05, 4.69) is 9.97 Å². The highest BCUT2D eigenvalue weighted by molar-refractivity contribution is 5.81. The first kappa shape index (κ1) is 17.5. The molecule has 4 aromatic rings. The van der Waals surface area contributed by atoms with Crippen LogP contribution >= 0.6 is 0 Å². The molecule has 0 amide bonds. The molecule has 0 radical (unpaired) electrons. The lowest BCUT2D eigenvalue weighted by Crippen LogP contribution is -2.26. The number of nitrogens with one attached hydrogen (secondary N) is 1. The first-order valence-corrected chi connectivity index (χ1v) is 8.49. The van der Waals surface area contributed by atoms with Gasteiger partial charge in [0.25, 0.3) is 0 Å². The number of nitrogens with zero attached hydrogens (tertiary/aromatic N) is 2. The Morgan fingerprint density at radius 1 is 1.29 bits per heavy atom. The van der Waals surface area contributed by atoms with Crippen LogP contribution in [0.4, 0.5) is 5.82 Å². The molecule has 0 spiro atoms. The molecular weight excluding hydrogens is 364 g/mol. The van der Waals surface area contributed by atoms with Crippen LogP contribution in [0.15, 0.2) is 56.5 Å². The van der Waals surface area contributed by atoms with Gasteiger partial charge in [0.15, 0.2) is 5.58 Å². The Labute approximate surface area is 157 Å². The summed E-state index contributed by atoms with van der Waals surface area (Å²) < 4.78 is 11.7. The van der Waals surface area contributed by atoms with E-state index >= 15 is 0 Å². The number of oxazole rings is 1. The molecule has 0 aliphatic rings. The van der Waals surface area contributed by atoms with Gasteiger partial charge in [-0.15, -0.1) is 0 Å². The number of fused-ring (bicyclic) bond motifs is 2. The third-order valence-corrected chi connectivity index (χ3v) is 4.43. The molecule has 9 heteroatoms. The maximum Gasteiger partial charge on any atom is 0.420 e. The number of carbonyl (C=O) groups is 1. The summed E-state index contributed by atoms with van der Waals surface area (Å²) in [5, 5.41) is 0.611. The number of para-hydroxylation sites is 2. The lowest BCUT2D eigenvalue weighted by Gasteiger charge is -2.13. The minimum Gasteiger partial charge on any atom is -0.459 e. The first-order chi connectivity index (χ1) is 13.4. The quantitative estimate of drug-likeness (QED) is 0.515. The lowest BCUT2D eigenvalue weighted by molar-refractivity contribution is -0.148. The minimum absolute atomic E-state index is 0.153. The normalized spacial score (nSPS) is 12.3. The molecule has 142 valence electrons. The van der Waals surface area contributed by atoms with Crippen LogP contribution in [0.3, 0.4) is 0 Å². The number of H-pyrrole nitrogens is 1. The Hall–Kier alpha value is -3.88. The maximum atomic E-state index is 12.5. The van der Waals surface area contributed by atoms with Crippen molar-refractivity contribution >= 4 is 33.9 Å². The highest BCUT2D eigenvalue weighted by Crippen LogP contribution is 2.19. The van der Waals surface area contributed by atoms with Crippen molar-refractivity contribution in [1.82, 2.24) is 14.5 Å². The molecule has 3 aromatic heterocycles. The number of hydrogen-bond acceptors (Lipinski definition) is 7. The molecule has 0 saturated carbocycles. The molecule has 1 aromatic carbocycles. The Balaban J connectivity index is 1.61. The fraction of sp³-hybridized carbons (Fsp3) is 0.158. The number of aromatic amines is 1. The third-order valence-electron chi connectivity index (χ3n) is 4.43. The molecule has 9 nitrogen and oxygen atoms in total. The number of esters is 1. The van der Waals surface area contributed by atoms with E-state index in [1.807, 2.05) is 0 Å².